The fraction of sp³-hybridized carbons (Fsp3) is 0.391. The van der Waals surface area contributed by atoms with Gasteiger partial charge in [-0.05, 0) is 56.2 Å². The highest BCUT2D eigenvalue weighted by molar-refractivity contribution is 7.71. The average Bonchev–Trinajstić information content (AvgIpc) is 3.33. The van der Waals surface area contributed by atoms with E-state index in [2.05, 4.69) is 42.2 Å². The Bertz CT molecular complexity index is 1100. The molecule has 0 N–H and O–H groups in total. The van der Waals surface area contributed by atoms with E-state index < -0.39 is 0 Å². The Hall–Kier alpha value is -2.64. The number of methoxy groups -OCH3 is 2. The summed E-state index contributed by atoms with van der Waals surface area (Å²) in [5.74, 6) is 2.62. The third-order valence-corrected chi connectivity index (χ3v) is 6.28. The number of likely N-dealkylation sites (tertiary alicyclic amines) is 1. The van der Waals surface area contributed by atoms with Gasteiger partial charge in [0, 0.05) is 30.8 Å². The standard InChI is InChI=1S/C23H28N4O2S/c1-16-7-5-8-17(13-16)22-24-27(23(30)25(22)2)15-26-12-6-9-20(26)19-14-18(28-3)10-11-21(19)29-4/h5,7-8,10-11,13-14,20H,6,9,12,15H2,1-4H3/t20-/m1/s1. The minimum absolute atomic E-state index is 0.237. The number of aryl methyl sites for hydroxylation is 1. The van der Waals surface area contributed by atoms with Crippen LogP contribution in [0.1, 0.15) is 30.0 Å². The van der Waals surface area contributed by atoms with Crippen molar-refractivity contribution in [3.05, 3.63) is 58.4 Å². The van der Waals surface area contributed by atoms with Gasteiger partial charge in [0.25, 0.3) is 0 Å². The first-order valence-electron chi connectivity index (χ1n) is 10.2. The molecular formula is C23H28N4O2S. The van der Waals surface area contributed by atoms with Gasteiger partial charge in [-0.2, -0.15) is 5.10 Å². The Morgan fingerprint density at radius 2 is 1.97 bits per heavy atom. The number of nitrogens with zero attached hydrogens (tertiary/aromatic N) is 4. The number of hydrogen-bond donors (Lipinski definition) is 0. The van der Waals surface area contributed by atoms with Crippen LogP contribution in [-0.2, 0) is 13.7 Å². The van der Waals surface area contributed by atoms with Crippen molar-refractivity contribution in [2.75, 3.05) is 20.8 Å². The van der Waals surface area contributed by atoms with Crippen molar-refractivity contribution in [1.82, 2.24) is 19.2 Å². The minimum atomic E-state index is 0.237. The van der Waals surface area contributed by atoms with Gasteiger partial charge in [0.05, 0.1) is 20.9 Å². The van der Waals surface area contributed by atoms with Crippen LogP contribution in [0.25, 0.3) is 11.4 Å². The molecular weight excluding hydrogens is 396 g/mol. The van der Waals surface area contributed by atoms with Crippen LogP contribution in [0.2, 0.25) is 0 Å². The van der Waals surface area contributed by atoms with Crippen molar-refractivity contribution in [2.24, 2.45) is 7.05 Å². The zero-order chi connectivity index (χ0) is 21.3. The lowest BCUT2D eigenvalue weighted by atomic mass is 10.0. The van der Waals surface area contributed by atoms with Crippen LogP contribution in [0.5, 0.6) is 11.5 Å². The van der Waals surface area contributed by atoms with Crippen molar-refractivity contribution in [3.8, 4) is 22.9 Å². The van der Waals surface area contributed by atoms with E-state index in [-0.39, 0.29) is 6.04 Å². The molecule has 1 fully saturated rings. The molecule has 6 nitrogen and oxygen atoms in total. The summed E-state index contributed by atoms with van der Waals surface area (Å²) < 4.78 is 15.7. The first-order chi connectivity index (χ1) is 14.5. The maximum Gasteiger partial charge on any atom is 0.199 e. The van der Waals surface area contributed by atoms with Crippen molar-refractivity contribution in [2.45, 2.75) is 32.5 Å². The Kier molecular flexibility index (Phi) is 5.92. The molecule has 1 aliphatic heterocycles. The molecule has 3 aromatic rings. The number of hydrogen-bond acceptors (Lipinski definition) is 5. The fourth-order valence-electron chi connectivity index (χ4n) is 4.24. The number of aromatic nitrogens is 3. The molecule has 0 bridgehead atoms. The Morgan fingerprint density at radius 3 is 2.70 bits per heavy atom. The van der Waals surface area contributed by atoms with E-state index in [1.165, 1.54) is 5.56 Å². The molecule has 1 saturated heterocycles. The van der Waals surface area contributed by atoms with Crippen LogP contribution in [0.4, 0.5) is 0 Å². The van der Waals surface area contributed by atoms with E-state index in [9.17, 15) is 0 Å². The topological polar surface area (TPSA) is 44.5 Å². The second kappa shape index (κ2) is 8.62. The molecule has 0 amide bonds. The van der Waals surface area contributed by atoms with Crippen molar-refractivity contribution < 1.29 is 9.47 Å². The Balaban J connectivity index is 1.65. The Morgan fingerprint density at radius 1 is 1.13 bits per heavy atom. The monoisotopic (exact) mass is 424 g/mol. The van der Waals surface area contributed by atoms with Crippen molar-refractivity contribution in [3.63, 3.8) is 0 Å². The summed E-state index contributed by atoms with van der Waals surface area (Å²) in [7, 11) is 5.39. The summed E-state index contributed by atoms with van der Waals surface area (Å²) in [6, 6.07) is 14.6. The van der Waals surface area contributed by atoms with Gasteiger partial charge in [0.1, 0.15) is 11.5 Å². The van der Waals surface area contributed by atoms with Gasteiger partial charge < -0.3 is 14.0 Å². The number of benzene rings is 2. The molecule has 2 aromatic carbocycles. The van der Waals surface area contributed by atoms with Gasteiger partial charge in [-0.25, -0.2) is 4.68 Å². The van der Waals surface area contributed by atoms with Crippen LogP contribution in [0, 0.1) is 11.7 Å². The van der Waals surface area contributed by atoms with Crippen LogP contribution in [0.15, 0.2) is 42.5 Å². The van der Waals surface area contributed by atoms with Gasteiger partial charge >= 0.3 is 0 Å². The molecule has 0 spiro atoms. The molecule has 4 rings (SSSR count). The summed E-state index contributed by atoms with van der Waals surface area (Å²) >= 11 is 5.72. The lowest BCUT2D eigenvalue weighted by Crippen LogP contribution is -2.27. The predicted molar refractivity (Wildman–Crippen MR) is 120 cm³/mol. The first-order valence-corrected chi connectivity index (χ1v) is 10.6. The van der Waals surface area contributed by atoms with Crippen LogP contribution < -0.4 is 9.47 Å². The number of rotatable bonds is 6. The lowest BCUT2D eigenvalue weighted by Gasteiger charge is -2.26. The molecule has 7 heteroatoms. The molecule has 158 valence electrons. The van der Waals surface area contributed by atoms with Gasteiger partial charge in [0.15, 0.2) is 10.6 Å². The molecule has 0 radical (unpaired) electrons. The summed E-state index contributed by atoms with van der Waals surface area (Å²) in [5, 5.41) is 4.87. The number of ether oxygens (including phenoxy) is 2. The molecule has 0 aliphatic carbocycles. The molecule has 1 aliphatic rings. The quantitative estimate of drug-likeness (QED) is 0.535. The Labute approximate surface area is 182 Å². The van der Waals surface area contributed by atoms with Gasteiger partial charge in [-0.15, -0.1) is 0 Å². The third-order valence-electron chi connectivity index (χ3n) is 5.79. The van der Waals surface area contributed by atoms with E-state index in [4.69, 9.17) is 26.8 Å². The van der Waals surface area contributed by atoms with Crippen LogP contribution in [-0.4, -0.2) is 40.0 Å². The maximum atomic E-state index is 5.72. The molecule has 0 saturated carbocycles. The molecule has 1 aromatic heterocycles. The normalized spacial score (nSPS) is 16.7. The first kappa shape index (κ1) is 20.6. The zero-order valence-electron chi connectivity index (χ0n) is 18.0. The van der Waals surface area contributed by atoms with Crippen molar-refractivity contribution in [1.29, 1.82) is 0 Å². The largest absolute Gasteiger partial charge is 0.497 e. The van der Waals surface area contributed by atoms with Gasteiger partial charge in [-0.1, -0.05) is 23.8 Å². The van der Waals surface area contributed by atoms with E-state index >= 15 is 0 Å². The highest BCUT2D eigenvalue weighted by Crippen LogP contribution is 2.39. The molecule has 2 heterocycles. The third kappa shape index (κ3) is 3.87. The van der Waals surface area contributed by atoms with Crippen LogP contribution >= 0.6 is 12.2 Å². The molecule has 30 heavy (non-hydrogen) atoms. The average molecular weight is 425 g/mol. The second-order valence-electron chi connectivity index (χ2n) is 7.75. The predicted octanol–water partition coefficient (Wildman–Crippen LogP) is 4.74. The fourth-order valence-corrected chi connectivity index (χ4v) is 4.42. The molecule has 1 atom stereocenters. The highest BCUT2D eigenvalue weighted by Gasteiger charge is 2.29. The van der Waals surface area contributed by atoms with E-state index in [0.717, 1.165) is 52.6 Å². The SMILES string of the molecule is COc1ccc(OC)c([C@H]2CCCN2Cn2nc(-c3cccc(C)c3)n(C)c2=S)c1. The van der Waals surface area contributed by atoms with E-state index in [1.807, 2.05) is 28.4 Å². The lowest BCUT2D eigenvalue weighted by molar-refractivity contribution is 0.186. The highest BCUT2D eigenvalue weighted by atomic mass is 32.1. The van der Waals surface area contributed by atoms with Gasteiger partial charge in [0.2, 0.25) is 0 Å². The summed E-state index contributed by atoms with van der Waals surface area (Å²) in [5.41, 5.74) is 3.43. The van der Waals surface area contributed by atoms with E-state index in [1.54, 1.807) is 14.2 Å². The van der Waals surface area contributed by atoms with Crippen molar-refractivity contribution >= 4 is 12.2 Å². The smallest absolute Gasteiger partial charge is 0.199 e. The second-order valence-corrected chi connectivity index (χ2v) is 8.12. The zero-order valence-corrected chi connectivity index (χ0v) is 18.8. The maximum absolute atomic E-state index is 5.72. The molecule has 0 unspecified atom stereocenters. The van der Waals surface area contributed by atoms with Gasteiger partial charge in [-0.3, -0.25) is 4.90 Å². The summed E-state index contributed by atoms with van der Waals surface area (Å²) in [6.45, 7) is 3.72. The summed E-state index contributed by atoms with van der Waals surface area (Å²) in [4.78, 5) is 2.42. The minimum Gasteiger partial charge on any atom is -0.497 e. The van der Waals surface area contributed by atoms with E-state index in [0.29, 0.717) is 6.67 Å². The van der Waals surface area contributed by atoms with Crippen LogP contribution in [0.3, 0.4) is 0 Å². The summed E-state index contributed by atoms with van der Waals surface area (Å²) in [6.07, 6.45) is 2.18.